The van der Waals surface area contributed by atoms with Crippen LogP contribution in [0.4, 0.5) is 0 Å². The van der Waals surface area contributed by atoms with Gasteiger partial charge < -0.3 is 9.84 Å². The van der Waals surface area contributed by atoms with Crippen LogP contribution in [-0.4, -0.2) is 5.11 Å². The van der Waals surface area contributed by atoms with Gasteiger partial charge in [0.25, 0.3) is 0 Å². The fraction of sp³-hybridized carbons (Fsp3) is 0.133. The first kappa shape index (κ1) is 12.2. The zero-order valence-electron chi connectivity index (χ0n) is 10.1. The molecule has 0 fully saturated rings. The highest BCUT2D eigenvalue weighted by Crippen LogP contribution is 2.28. The number of aliphatic hydroxyl groups is 1. The predicted molar refractivity (Wildman–Crippen MR) is 68.3 cm³/mol. The van der Waals surface area contributed by atoms with Gasteiger partial charge in [-0.05, 0) is 36.2 Å². The van der Waals surface area contributed by atoms with Crippen LogP contribution in [0.2, 0.25) is 0 Å². The maximum absolute atomic E-state index is 9.07. The molecule has 0 bridgehead atoms. The molecule has 0 aromatic heterocycles. The molecule has 0 aliphatic rings. The molecule has 18 heavy (non-hydrogen) atoms. The molecule has 1 N–H and O–H groups in total. The van der Waals surface area contributed by atoms with Gasteiger partial charge in [-0.1, -0.05) is 24.3 Å². The summed E-state index contributed by atoms with van der Waals surface area (Å²) in [6.45, 7) is 1.86. The van der Waals surface area contributed by atoms with E-state index in [0.29, 0.717) is 16.9 Å². The number of aryl methyl sites for hydroxylation is 1. The van der Waals surface area contributed by atoms with E-state index >= 15 is 0 Å². The number of aliphatic hydroxyl groups excluding tert-OH is 1. The van der Waals surface area contributed by atoms with Crippen LogP contribution in [0.1, 0.15) is 16.7 Å². The van der Waals surface area contributed by atoms with Crippen molar-refractivity contribution in [3.63, 3.8) is 0 Å². The van der Waals surface area contributed by atoms with Crippen molar-refractivity contribution in [2.75, 3.05) is 0 Å². The first-order valence-corrected chi connectivity index (χ1v) is 5.62. The van der Waals surface area contributed by atoms with E-state index in [0.717, 1.165) is 11.3 Å². The molecular weight excluding hydrogens is 226 g/mol. The Labute approximate surface area is 106 Å². The SMILES string of the molecule is Cc1ccccc1Oc1ccc(CO)cc1C#N. The van der Waals surface area contributed by atoms with Crippen molar-refractivity contribution in [3.8, 4) is 17.6 Å². The Kier molecular flexibility index (Phi) is 3.61. The van der Waals surface area contributed by atoms with E-state index in [-0.39, 0.29) is 6.61 Å². The molecule has 0 spiro atoms. The highest BCUT2D eigenvalue weighted by molar-refractivity contribution is 5.48. The molecule has 0 amide bonds. The van der Waals surface area contributed by atoms with Gasteiger partial charge in [-0.2, -0.15) is 5.26 Å². The lowest BCUT2D eigenvalue weighted by Gasteiger charge is -2.10. The second-order valence-corrected chi connectivity index (χ2v) is 3.97. The van der Waals surface area contributed by atoms with Crippen LogP contribution in [0, 0.1) is 18.3 Å². The molecule has 0 saturated carbocycles. The molecule has 0 aliphatic carbocycles. The minimum absolute atomic E-state index is 0.0840. The maximum atomic E-state index is 9.07. The molecule has 2 rings (SSSR count). The molecule has 90 valence electrons. The zero-order valence-corrected chi connectivity index (χ0v) is 10.1. The van der Waals surface area contributed by atoms with E-state index in [1.807, 2.05) is 31.2 Å². The minimum atomic E-state index is -0.0840. The third kappa shape index (κ3) is 2.50. The van der Waals surface area contributed by atoms with Crippen LogP contribution in [0.5, 0.6) is 11.5 Å². The average molecular weight is 239 g/mol. The van der Waals surface area contributed by atoms with Crippen molar-refractivity contribution >= 4 is 0 Å². The number of rotatable bonds is 3. The maximum Gasteiger partial charge on any atom is 0.145 e. The highest BCUT2D eigenvalue weighted by Gasteiger charge is 2.07. The van der Waals surface area contributed by atoms with Gasteiger partial charge in [0.1, 0.15) is 17.6 Å². The lowest BCUT2D eigenvalue weighted by molar-refractivity contribution is 0.281. The van der Waals surface area contributed by atoms with Gasteiger partial charge in [0.15, 0.2) is 0 Å². The standard InChI is InChI=1S/C15H13NO2/c1-11-4-2-3-5-14(11)18-15-7-6-12(10-17)8-13(15)9-16/h2-8,17H,10H2,1H3. The van der Waals surface area contributed by atoms with E-state index in [1.165, 1.54) is 0 Å². The molecule has 0 saturated heterocycles. The van der Waals surface area contributed by atoms with Crippen LogP contribution in [0.25, 0.3) is 0 Å². The Bertz CT molecular complexity index is 600. The Balaban J connectivity index is 2.35. The monoisotopic (exact) mass is 239 g/mol. The van der Waals surface area contributed by atoms with Gasteiger partial charge in [0.2, 0.25) is 0 Å². The molecule has 3 heteroatoms. The van der Waals surface area contributed by atoms with Crippen LogP contribution in [0.3, 0.4) is 0 Å². The smallest absolute Gasteiger partial charge is 0.145 e. The number of hydrogen-bond acceptors (Lipinski definition) is 3. The summed E-state index contributed by atoms with van der Waals surface area (Å²) in [6, 6.07) is 14.8. The van der Waals surface area contributed by atoms with E-state index in [2.05, 4.69) is 6.07 Å². The van der Waals surface area contributed by atoms with Crippen molar-refractivity contribution in [2.45, 2.75) is 13.5 Å². The van der Waals surface area contributed by atoms with E-state index in [4.69, 9.17) is 15.1 Å². The molecule has 0 aliphatic heterocycles. The van der Waals surface area contributed by atoms with Crippen molar-refractivity contribution in [3.05, 3.63) is 59.2 Å². The molecule has 3 nitrogen and oxygen atoms in total. The van der Waals surface area contributed by atoms with Crippen LogP contribution >= 0.6 is 0 Å². The summed E-state index contributed by atoms with van der Waals surface area (Å²) in [6.07, 6.45) is 0. The van der Waals surface area contributed by atoms with E-state index in [1.54, 1.807) is 18.2 Å². The Hall–Kier alpha value is -2.31. The molecule has 0 heterocycles. The number of hydrogen-bond donors (Lipinski definition) is 1. The van der Waals surface area contributed by atoms with Crippen LogP contribution < -0.4 is 4.74 Å². The van der Waals surface area contributed by atoms with Gasteiger partial charge in [-0.25, -0.2) is 0 Å². The third-order valence-corrected chi connectivity index (χ3v) is 2.66. The van der Waals surface area contributed by atoms with Crippen molar-refractivity contribution in [1.29, 1.82) is 5.26 Å². The van der Waals surface area contributed by atoms with Crippen LogP contribution in [-0.2, 0) is 6.61 Å². The van der Waals surface area contributed by atoms with Gasteiger partial charge in [-0.15, -0.1) is 0 Å². The summed E-state index contributed by atoms with van der Waals surface area (Å²) in [7, 11) is 0. The minimum Gasteiger partial charge on any atom is -0.456 e. The number of ether oxygens (including phenoxy) is 1. The fourth-order valence-electron chi connectivity index (χ4n) is 1.64. The van der Waals surface area contributed by atoms with Crippen molar-refractivity contribution in [2.24, 2.45) is 0 Å². The molecule has 2 aromatic rings. The third-order valence-electron chi connectivity index (χ3n) is 2.66. The van der Waals surface area contributed by atoms with Crippen molar-refractivity contribution in [1.82, 2.24) is 0 Å². The normalized spacial score (nSPS) is 9.83. The molecule has 0 atom stereocenters. The number of benzene rings is 2. The number of nitrogens with zero attached hydrogens (tertiary/aromatic N) is 1. The summed E-state index contributed by atoms with van der Waals surface area (Å²) >= 11 is 0. The van der Waals surface area contributed by atoms with Gasteiger partial charge in [-0.3, -0.25) is 0 Å². The predicted octanol–water partition coefficient (Wildman–Crippen LogP) is 3.15. The number of nitriles is 1. The summed E-state index contributed by atoms with van der Waals surface area (Å²) in [5.41, 5.74) is 2.13. The Morgan fingerprint density at radius 2 is 1.94 bits per heavy atom. The topological polar surface area (TPSA) is 53.2 Å². The Morgan fingerprint density at radius 3 is 2.61 bits per heavy atom. The fourth-order valence-corrected chi connectivity index (χ4v) is 1.64. The lowest BCUT2D eigenvalue weighted by Crippen LogP contribution is -1.92. The first-order chi connectivity index (χ1) is 8.74. The van der Waals surface area contributed by atoms with Gasteiger partial charge in [0, 0.05) is 0 Å². The average Bonchev–Trinajstić information content (AvgIpc) is 2.41. The van der Waals surface area contributed by atoms with Crippen LogP contribution in [0.15, 0.2) is 42.5 Å². The van der Waals surface area contributed by atoms with E-state index in [9.17, 15) is 0 Å². The van der Waals surface area contributed by atoms with Gasteiger partial charge >= 0.3 is 0 Å². The Morgan fingerprint density at radius 1 is 1.17 bits per heavy atom. The first-order valence-electron chi connectivity index (χ1n) is 5.62. The molecule has 0 unspecified atom stereocenters. The lowest BCUT2D eigenvalue weighted by atomic mass is 10.1. The summed E-state index contributed by atoms with van der Waals surface area (Å²) in [5.74, 6) is 1.23. The van der Waals surface area contributed by atoms with Crippen molar-refractivity contribution < 1.29 is 9.84 Å². The summed E-state index contributed by atoms with van der Waals surface area (Å²) in [5, 5.41) is 18.1. The second kappa shape index (κ2) is 5.35. The second-order valence-electron chi connectivity index (χ2n) is 3.97. The highest BCUT2D eigenvalue weighted by atomic mass is 16.5. The molecular formula is C15H13NO2. The summed E-state index contributed by atoms with van der Waals surface area (Å²) in [4.78, 5) is 0. The number of para-hydroxylation sites is 1. The van der Waals surface area contributed by atoms with E-state index < -0.39 is 0 Å². The quantitative estimate of drug-likeness (QED) is 0.895. The molecule has 2 aromatic carbocycles. The zero-order chi connectivity index (χ0) is 13.0. The van der Waals surface area contributed by atoms with Gasteiger partial charge in [0.05, 0.1) is 12.2 Å². The largest absolute Gasteiger partial charge is 0.456 e. The molecule has 0 radical (unpaired) electrons. The summed E-state index contributed by atoms with van der Waals surface area (Å²) < 4.78 is 5.73.